The van der Waals surface area contributed by atoms with Gasteiger partial charge in [-0.2, -0.15) is 0 Å². The van der Waals surface area contributed by atoms with Crippen LogP contribution in [0.4, 0.5) is 0 Å². The number of nitrogens with one attached hydrogen (secondary N) is 1. The molecule has 0 aromatic heterocycles. The van der Waals surface area contributed by atoms with Crippen LogP contribution in [0.2, 0.25) is 0 Å². The van der Waals surface area contributed by atoms with E-state index in [1.165, 1.54) is 5.56 Å². The number of morpholine rings is 1. The third-order valence-corrected chi connectivity index (χ3v) is 3.32. The topological polar surface area (TPSA) is 38.3 Å². The quantitative estimate of drug-likeness (QED) is 0.810. The first-order valence-electron chi connectivity index (χ1n) is 6.10. The van der Waals surface area contributed by atoms with E-state index in [1.54, 1.807) is 0 Å². The maximum atomic E-state index is 12.2. The van der Waals surface area contributed by atoms with Gasteiger partial charge in [0.15, 0.2) is 5.78 Å². The molecule has 3 nitrogen and oxygen atoms in total. The fourth-order valence-electron chi connectivity index (χ4n) is 2.12. The summed E-state index contributed by atoms with van der Waals surface area (Å²) >= 11 is 0. The van der Waals surface area contributed by atoms with E-state index in [1.807, 2.05) is 32.0 Å². The Bertz CT molecular complexity index is 409. The Hall–Kier alpha value is -1.19. The van der Waals surface area contributed by atoms with Crippen molar-refractivity contribution in [1.29, 1.82) is 0 Å². The summed E-state index contributed by atoms with van der Waals surface area (Å²) in [5, 5.41) is 3.24. The molecule has 0 radical (unpaired) electrons. The highest BCUT2D eigenvalue weighted by molar-refractivity contribution is 5.98. The zero-order valence-electron chi connectivity index (χ0n) is 10.5. The zero-order valence-corrected chi connectivity index (χ0v) is 10.5. The first-order chi connectivity index (χ1) is 8.18. The largest absolute Gasteiger partial charge is 0.375 e. The van der Waals surface area contributed by atoms with Gasteiger partial charge in [0.1, 0.15) is 0 Å². The van der Waals surface area contributed by atoms with Crippen molar-refractivity contribution in [3.63, 3.8) is 0 Å². The molecule has 2 rings (SSSR count). The Morgan fingerprint density at radius 3 is 3.00 bits per heavy atom. The average molecular weight is 233 g/mol. The third kappa shape index (κ3) is 2.93. The summed E-state index contributed by atoms with van der Waals surface area (Å²) in [6.45, 7) is 6.39. The standard InChI is InChI=1S/C14H19NO2/c1-10-4-3-5-13(11(10)2)14(16)8-12-9-15-6-7-17-12/h3-5,12,15H,6-9H2,1-2H3. The summed E-state index contributed by atoms with van der Waals surface area (Å²) in [5.74, 6) is 0.180. The van der Waals surface area contributed by atoms with Crippen LogP contribution in [0, 0.1) is 13.8 Å². The van der Waals surface area contributed by atoms with E-state index in [2.05, 4.69) is 5.32 Å². The van der Waals surface area contributed by atoms with E-state index in [9.17, 15) is 4.79 Å². The number of carbonyl (C=O) groups is 1. The molecule has 1 saturated heterocycles. The Morgan fingerprint density at radius 1 is 1.47 bits per heavy atom. The van der Waals surface area contributed by atoms with Gasteiger partial charge in [0.2, 0.25) is 0 Å². The van der Waals surface area contributed by atoms with E-state index in [0.29, 0.717) is 13.0 Å². The van der Waals surface area contributed by atoms with Crippen LogP contribution in [0.15, 0.2) is 18.2 Å². The van der Waals surface area contributed by atoms with Gasteiger partial charge in [0, 0.05) is 25.1 Å². The third-order valence-electron chi connectivity index (χ3n) is 3.32. The number of hydrogen-bond donors (Lipinski definition) is 1. The Kier molecular flexibility index (Phi) is 3.92. The van der Waals surface area contributed by atoms with Crippen LogP contribution in [0.25, 0.3) is 0 Å². The van der Waals surface area contributed by atoms with Crippen LogP contribution in [-0.2, 0) is 4.74 Å². The van der Waals surface area contributed by atoms with Crippen molar-refractivity contribution in [2.75, 3.05) is 19.7 Å². The predicted molar refractivity (Wildman–Crippen MR) is 67.5 cm³/mol. The smallest absolute Gasteiger partial charge is 0.165 e. The van der Waals surface area contributed by atoms with Crippen LogP contribution >= 0.6 is 0 Å². The maximum absolute atomic E-state index is 12.2. The summed E-state index contributed by atoms with van der Waals surface area (Å²) < 4.78 is 5.56. The predicted octanol–water partition coefficient (Wildman–Crippen LogP) is 1.86. The van der Waals surface area contributed by atoms with Crippen LogP contribution in [0.5, 0.6) is 0 Å². The lowest BCUT2D eigenvalue weighted by atomic mass is 9.97. The molecular weight excluding hydrogens is 214 g/mol. The molecule has 92 valence electrons. The molecule has 0 saturated carbocycles. The second-order valence-electron chi connectivity index (χ2n) is 4.57. The van der Waals surface area contributed by atoms with Crippen LogP contribution in [0.1, 0.15) is 27.9 Å². The fraction of sp³-hybridized carbons (Fsp3) is 0.500. The molecule has 1 aliphatic heterocycles. The zero-order chi connectivity index (χ0) is 12.3. The van der Waals surface area contributed by atoms with E-state index in [-0.39, 0.29) is 11.9 Å². The molecule has 0 amide bonds. The van der Waals surface area contributed by atoms with Crippen molar-refractivity contribution >= 4 is 5.78 Å². The van der Waals surface area contributed by atoms with Gasteiger partial charge in [0.25, 0.3) is 0 Å². The second-order valence-corrected chi connectivity index (χ2v) is 4.57. The number of aryl methyl sites for hydroxylation is 1. The monoisotopic (exact) mass is 233 g/mol. The number of ether oxygens (including phenoxy) is 1. The van der Waals surface area contributed by atoms with Crippen molar-refractivity contribution in [1.82, 2.24) is 5.32 Å². The summed E-state index contributed by atoms with van der Waals surface area (Å²) in [6, 6.07) is 5.88. The molecule has 1 fully saturated rings. The number of hydrogen-bond acceptors (Lipinski definition) is 3. The minimum Gasteiger partial charge on any atom is -0.375 e. The van der Waals surface area contributed by atoms with Gasteiger partial charge in [-0.1, -0.05) is 18.2 Å². The SMILES string of the molecule is Cc1cccc(C(=O)CC2CNCCO2)c1C. The number of ketones is 1. The minimum atomic E-state index is 0.0242. The molecule has 1 aliphatic rings. The van der Waals surface area contributed by atoms with Gasteiger partial charge in [-0.25, -0.2) is 0 Å². The van der Waals surface area contributed by atoms with Gasteiger partial charge in [0.05, 0.1) is 12.7 Å². The Balaban J connectivity index is 2.06. The molecule has 0 aliphatic carbocycles. The molecule has 0 spiro atoms. The van der Waals surface area contributed by atoms with Crippen molar-refractivity contribution in [3.05, 3.63) is 34.9 Å². The van der Waals surface area contributed by atoms with Crippen LogP contribution in [0.3, 0.4) is 0 Å². The van der Waals surface area contributed by atoms with Crippen molar-refractivity contribution in [3.8, 4) is 0 Å². The molecule has 17 heavy (non-hydrogen) atoms. The molecule has 3 heteroatoms. The molecule has 1 N–H and O–H groups in total. The number of benzene rings is 1. The highest BCUT2D eigenvalue weighted by Crippen LogP contribution is 2.16. The van der Waals surface area contributed by atoms with Gasteiger partial charge >= 0.3 is 0 Å². The number of rotatable bonds is 3. The molecule has 0 bridgehead atoms. The average Bonchev–Trinajstić information content (AvgIpc) is 2.34. The molecule has 1 heterocycles. The fourth-order valence-corrected chi connectivity index (χ4v) is 2.12. The van der Waals surface area contributed by atoms with E-state index < -0.39 is 0 Å². The highest BCUT2D eigenvalue weighted by Gasteiger charge is 2.19. The molecule has 1 unspecified atom stereocenters. The lowest BCUT2D eigenvalue weighted by molar-refractivity contribution is 0.0240. The van der Waals surface area contributed by atoms with E-state index in [0.717, 1.165) is 24.2 Å². The first kappa shape index (κ1) is 12.3. The summed E-state index contributed by atoms with van der Waals surface area (Å²) in [5.41, 5.74) is 3.08. The van der Waals surface area contributed by atoms with Crippen LogP contribution < -0.4 is 5.32 Å². The van der Waals surface area contributed by atoms with Gasteiger partial charge < -0.3 is 10.1 Å². The van der Waals surface area contributed by atoms with Gasteiger partial charge in [-0.05, 0) is 25.0 Å². The molecule has 1 aromatic rings. The van der Waals surface area contributed by atoms with Crippen LogP contribution in [-0.4, -0.2) is 31.6 Å². The number of carbonyl (C=O) groups excluding carboxylic acids is 1. The summed E-state index contributed by atoms with van der Waals surface area (Å²) in [7, 11) is 0. The summed E-state index contributed by atoms with van der Waals surface area (Å²) in [6.07, 6.45) is 0.494. The van der Waals surface area contributed by atoms with Gasteiger partial charge in [-0.15, -0.1) is 0 Å². The normalized spacial score (nSPS) is 20.2. The van der Waals surface area contributed by atoms with E-state index in [4.69, 9.17) is 4.74 Å². The Morgan fingerprint density at radius 2 is 2.29 bits per heavy atom. The van der Waals surface area contributed by atoms with Crippen molar-refractivity contribution in [2.45, 2.75) is 26.4 Å². The molecule has 1 atom stereocenters. The summed E-state index contributed by atoms with van der Waals surface area (Å²) in [4.78, 5) is 12.2. The Labute approximate surface area is 102 Å². The maximum Gasteiger partial charge on any atom is 0.165 e. The lowest BCUT2D eigenvalue weighted by Crippen LogP contribution is -2.39. The molecule has 1 aromatic carbocycles. The number of Topliss-reactive ketones (excluding diaryl/α,β-unsaturated/α-hetero) is 1. The molecular formula is C14H19NO2. The second kappa shape index (κ2) is 5.43. The minimum absolute atomic E-state index is 0.0242. The van der Waals surface area contributed by atoms with Crippen molar-refractivity contribution < 1.29 is 9.53 Å². The highest BCUT2D eigenvalue weighted by atomic mass is 16.5. The van der Waals surface area contributed by atoms with Gasteiger partial charge in [-0.3, -0.25) is 4.79 Å². The first-order valence-corrected chi connectivity index (χ1v) is 6.10. The van der Waals surface area contributed by atoms with Crippen molar-refractivity contribution in [2.24, 2.45) is 0 Å². The van der Waals surface area contributed by atoms with E-state index >= 15 is 0 Å². The lowest BCUT2D eigenvalue weighted by Gasteiger charge is -2.23.